The van der Waals surface area contributed by atoms with Crippen LogP contribution in [0.5, 0.6) is 5.75 Å². The second-order valence-electron chi connectivity index (χ2n) is 9.46. The number of nitrogens with zero attached hydrogens (tertiary/aromatic N) is 5. The topological polar surface area (TPSA) is 53.8 Å². The van der Waals surface area contributed by atoms with Crippen LogP contribution in [0.2, 0.25) is 0 Å². The minimum atomic E-state index is 0.0458. The number of carbonyl (C=O) groups excluding carboxylic acids is 1. The van der Waals surface area contributed by atoms with E-state index in [0.29, 0.717) is 17.8 Å². The highest BCUT2D eigenvalue weighted by molar-refractivity contribution is 6.00. The van der Waals surface area contributed by atoms with Crippen molar-refractivity contribution >= 4 is 5.91 Å². The van der Waals surface area contributed by atoms with Crippen molar-refractivity contribution in [1.29, 1.82) is 0 Å². The van der Waals surface area contributed by atoms with Crippen molar-refractivity contribution in [1.82, 2.24) is 24.5 Å². The first-order valence-electron chi connectivity index (χ1n) is 12.7. The molecule has 2 aliphatic rings. The van der Waals surface area contributed by atoms with Crippen LogP contribution in [0.25, 0.3) is 11.3 Å². The quantitative estimate of drug-likeness (QED) is 0.502. The molecule has 1 amide bonds. The molecule has 184 valence electrons. The van der Waals surface area contributed by atoms with E-state index in [4.69, 9.17) is 9.84 Å². The van der Waals surface area contributed by atoms with E-state index in [1.807, 2.05) is 58.2 Å². The normalized spacial score (nSPS) is 17.1. The van der Waals surface area contributed by atoms with Crippen LogP contribution in [0.3, 0.4) is 0 Å². The van der Waals surface area contributed by atoms with Gasteiger partial charge in [-0.05, 0) is 43.6 Å². The van der Waals surface area contributed by atoms with Crippen molar-refractivity contribution in [3.8, 4) is 17.0 Å². The van der Waals surface area contributed by atoms with Gasteiger partial charge < -0.3 is 14.5 Å². The minimum absolute atomic E-state index is 0.0458. The number of aromatic nitrogens is 2. The predicted octanol–water partition coefficient (Wildman–Crippen LogP) is 3.46. The lowest BCUT2D eigenvalue weighted by Crippen LogP contribution is -2.50. The summed E-state index contributed by atoms with van der Waals surface area (Å²) in [6.45, 7) is 8.63. The number of piperazine rings is 1. The van der Waals surface area contributed by atoms with Gasteiger partial charge in [-0.25, -0.2) is 0 Å². The largest absolute Gasteiger partial charge is 0.496 e. The average molecular weight is 474 g/mol. The SMILES string of the molecule is COc1ccccc1-c1nn(Cc2ccccc2)cc1C(=O)N1CCN(CCN2CCCC2)CC1. The Balaban J connectivity index is 1.33. The van der Waals surface area contributed by atoms with Gasteiger partial charge in [0.2, 0.25) is 0 Å². The number of hydrogen-bond acceptors (Lipinski definition) is 5. The van der Waals surface area contributed by atoms with Crippen molar-refractivity contribution in [2.75, 3.05) is 59.5 Å². The number of benzene rings is 2. The molecule has 0 saturated carbocycles. The van der Waals surface area contributed by atoms with Crippen LogP contribution in [-0.4, -0.2) is 89.9 Å². The maximum Gasteiger partial charge on any atom is 0.257 e. The number of hydrogen-bond donors (Lipinski definition) is 0. The van der Waals surface area contributed by atoms with Gasteiger partial charge in [0.25, 0.3) is 5.91 Å². The lowest BCUT2D eigenvalue weighted by molar-refractivity contribution is 0.0627. The molecule has 1 aromatic heterocycles. The molecule has 2 aromatic carbocycles. The number of amides is 1. The van der Waals surface area contributed by atoms with E-state index in [1.165, 1.54) is 25.9 Å². The van der Waals surface area contributed by atoms with Gasteiger partial charge in [-0.2, -0.15) is 5.10 Å². The third-order valence-corrected chi connectivity index (χ3v) is 7.13. The Morgan fingerprint density at radius 1 is 0.857 bits per heavy atom. The van der Waals surface area contributed by atoms with Gasteiger partial charge >= 0.3 is 0 Å². The molecule has 0 N–H and O–H groups in total. The summed E-state index contributed by atoms with van der Waals surface area (Å²) in [5, 5.41) is 4.86. The van der Waals surface area contributed by atoms with Crippen LogP contribution >= 0.6 is 0 Å². The standard InChI is InChI=1S/C28H35N5O2/c1-35-26-12-6-5-11-24(26)27-25(22-33(29-27)21-23-9-3-2-4-10-23)28(34)32-19-17-31(18-20-32)16-15-30-13-7-8-14-30/h2-6,9-12,22H,7-8,13-21H2,1H3. The van der Waals surface area contributed by atoms with Crippen LogP contribution in [0, 0.1) is 0 Å². The van der Waals surface area contributed by atoms with Crippen LogP contribution in [0.1, 0.15) is 28.8 Å². The molecule has 0 atom stereocenters. The highest BCUT2D eigenvalue weighted by Gasteiger charge is 2.27. The molecule has 2 saturated heterocycles. The number of carbonyl (C=O) groups is 1. The average Bonchev–Trinajstić information content (AvgIpc) is 3.58. The first kappa shape index (κ1) is 23.6. The Bertz CT molecular complexity index is 1120. The molecule has 0 radical (unpaired) electrons. The Labute approximate surface area is 207 Å². The fourth-order valence-electron chi connectivity index (χ4n) is 5.10. The van der Waals surface area contributed by atoms with Gasteiger partial charge in [-0.1, -0.05) is 42.5 Å². The maximum atomic E-state index is 13.7. The summed E-state index contributed by atoms with van der Waals surface area (Å²) in [5.74, 6) is 0.766. The van der Waals surface area contributed by atoms with Gasteiger partial charge in [0.15, 0.2) is 0 Å². The van der Waals surface area contributed by atoms with Crippen LogP contribution in [0.15, 0.2) is 60.8 Å². The zero-order chi connectivity index (χ0) is 24.0. The Morgan fingerprint density at radius 3 is 2.23 bits per heavy atom. The molecule has 3 heterocycles. The first-order valence-corrected chi connectivity index (χ1v) is 12.7. The van der Waals surface area contributed by atoms with Gasteiger partial charge in [-0.15, -0.1) is 0 Å². The molecule has 0 spiro atoms. The van der Waals surface area contributed by atoms with Gasteiger partial charge in [-0.3, -0.25) is 14.4 Å². The molecule has 2 aliphatic heterocycles. The fourth-order valence-corrected chi connectivity index (χ4v) is 5.10. The number of methoxy groups -OCH3 is 1. The van der Waals surface area contributed by atoms with E-state index in [1.54, 1.807) is 7.11 Å². The predicted molar refractivity (Wildman–Crippen MR) is 138 cm³/mol. The fraction of sp³-hybridized carbons (Fsp3) is 0.429. The third-order valence-electron chi connectivity index (χ3n) is 7.13. The number of rotatable bonds is 8. The minimum Gasteiger partial charge on any atom is -0.496 e. The lowest BCUT2D eigenvalue weighted by Gasteiger charge is -2.35. The number of ether oxygens (including phenoxy) is 1. The summed E-state index contributed by atoms with van der Waals surface area (Å²) >= 11 is 0. The second-order valence-corrected chi connectivity index (χ2v) is 9.46. The summed E-state index contributed by atoms with van der Waals surface area (Å²) in [6, 6.07) is 18.0. The van der Waals surface area contributed by atoms with Crippen molar-refractivity contribution in [2.45, 2.75) is 19.4 Å². The zero-order valence-corrected chi connectivity index (χ0v) is 20.6. The lowest BCUT2D eigenvalue weighted by atomic mass is 10.1. The monoisotopic (exact) mass is 473 g/mol. The molecule has 7 nitrogen and oxygen atoms in total. The van der Waals surface area contributed by atoms with Gasteiger partial charge in [0.1, 0.15) is 11.4 Å². The molecule has 0 aliphatic carbocycles. The molecular weight excluding hydrogens is 438 g/mol. The molecule has 7 heteroatoms. The molecule has 3 aromatic rings. The summed E-state index contributed by atoms with van der Waals surface area (Å²) in [6.07, 6.45) is 4.56. The number of likely N-dealkylation sites (tertiary alicyclic amines) is 1. The van der Waals surface area contributed by atoms with Gasteiger partial charge in [0, 0.05) is 51.0 Å². The molecular formula is C28H35N5O2. The van der Waals surface area contributed by atoms with Gasteiger partial charge in [0.05, 0.1) is 19.2 Å². The Kier molecular flexibility index (Phi) is 7.45. The Hall–Kier alpha value is -3.16. The number of para-hydroxylation sites is 1. The summed E-state index contributed by atoms with van der Waals surface area (Å²) < 4.78 is 7.48. The van der Waals surface area contributed by atoms with E-state index in [2.05, 4.69) is 21.9 Å². The summed E-state index contributed by atoms with van der Waals surface area (Å²) in [5.41, 5.74) is 3.30. The van der Waals surface area contributed by atoms with E-state index in [-0.39, 0.29) is 5.91 Å². The molecule has 5 rings (SSSR count). The summed E-state index contributed by atoms with van der Waals surface area (Å²) in [4.78, 5) is 20.8. The molecule has 35 heavy (non-hydrogen) atoms. The first-order chi connectivity index (χ1) is 17.2. The molecule has 2 fully saturated rings. The summed E-state index contributed by atoms with van der Waals surface area (Å²) in [7, 11) is 1.66. The molecule has 0 unspecified atom stereocenters. The van der Waals surface area contributed by atoms with Crippen molar-refractivity contribution in [2.24, 2.45) is 0 Å². The van der Waals surface area contributed by atoms with Crippen molar-refractivity contribution in [3.63, 3.8) is 0 Å². The highest BCUT2D eigenvalue weighted by atomic mass is 16.5. The molecule has 0 bridgehead atoms. The van der Waals surface area contributed by atoms with E-state index in [9.17, 15) is 4.79 Å². The van der Waals surface area contributed by atoms with Crippen molar-refractivity contribution < 1.29 is 9.53 Å². The second kappa shape index (κ2) is 11.1. The van der Waals surface area contributed by atoms with Crippen molar-refractivity contribution in [3.05, 3.63) is 71.9 Å². The highest BCUT2D eigenvalue weighted by Crippen LogP contribution is 2.32. The van der Waals surface area contributed by atoms with E-state index < -0.39 is 0 Å². The smallest absolute Gasteiger partial charge is 0.257 e. The zero-order valence-electron chi connectivity index (χ0n) is 20.6. The van der Waals surface area contributed by atoms with Crippen LogP contribution < -0.4 is 4.74 Å². The van der Waals surface area contributed by atoms with E-state index >= 15 is 0 Å². The third kappa shape index (κ3) is 5.57. The van der Waals surface area contributed by atoms with Crippen LogP contribution in [0.4, 0.5) is 0 Å². The maximum absolute atomic E-state index is 13.7. The Morgan fingerprint density at radius 2 is 1.51 bits per heavy atom. The van der Waals surface area contributed by atoms with E-state index in [0.717, 1.165) is 56.1 Å². The van der Waals surface area contributed by atoms with Crippen LogP contribution in [-0.2, 0) is 6.54 Å².